The quantitative estimate of drug-likeness (QED) is 0.510. The molecule has 142 valence electrons. The van der Waals surface area contributed by atoms with Crippen molar-refractivity contribution in [3.8, 4) is 5.75 Å². The van der Waals surface area contributed by atoms with Gasteiger partial charge in [0.15, 0.2) is 5.76 Å². The van der Waals surface area contributed by atoms with Gasteiger partial charge in [-0.3, -0.25) is 4.79 Å². The van der Waals surface area contributed by atoms with Crippen molar-refractivity contribution in [1.29, 1.82) is 0 Å². The number of imidazole rings is 1. The summed E-state index contributed by atoms with van der Waals surface area (Å²) in [4.78, 5) is 16.8. The summed E-state index contributed by atoms with van der Waals surface area (Å²) >= 11 is 0. The van der Waals surface area contributed by atoms with Crippen LogP contribution < -0.4 is 10.1 Å². The van der Waals surface area contributed by atoms with Crippen LogP contribution in [0.1, 0.15) is 16.4 Å². The van der Waals surface area contributed by atoms with Crippen molar-refractivity contribution in [3.05, 3.63) is 84.6 Å². The number of hydrogen-bond donors (Lipinski definition) is 1. The van der Waals surface area contributed by atoms with Gasteiger partial charge in [-0.25, -0.2) is 4.98 Å². The summed E-state index contributed by atoms with van der Waals surface area (Å²) < 4.78 is 13.1. The van der Waals surface area contributed by atoms with Gasteiger partial charge in [0.2, 0.25) is 0 Å². The Labute approximate surface area is 162 Å². The number of fused-ring (bicyclic) bond motifs is 1. The average Bonchev–Trinajstić information content (AvgIpc) is 3.38. The third-order valence-electron chi connectivity index (χ3n) is 4.44. The number of amides is 1. The van der Waals surface area contributed by atoms with Crippen LogP contribution in [-0.4, -0.2) is 28.6 Å². The number of benzene rings is 2. The van der Waals surface area contributed by atoms with Crippen molar-refractivity contribution in [2.24, 2.45) is 0 Å². The first kappa shape index (κ1) is 17.9. The Balaban J connectivity index is 1.43. The number of rotatable bonds is 8. The number of nitrogens with one attached hydrogen (secondary N) is 1. The molecule has 0 spiro atoms. The summed E-state index contributed by atoms with van der Waals surface area (Å²) in [6.45, 7) is 1.69. The molecule has 1 amide bonds. The van der Waals surface area contributed by atoms with Crippen LogP contribution >= 0.6 is 0 Å². The Bertz CT molecular complexity index is 1040. The second kappa shape index (κ2) is 8.43. The molecule has 28 heavy (non-hydrogen) atoms. The number of aromatic nitrogens is 2. The fourth-order valence-corrected chi connectivity index (χ4v) is 3.12. The summed E-state index contributed by atoms with van der Waals surface area (Å²) in [5, 5.41) is 2.87. The van der Waals surface area contributed by atoms with Crippen molar-refractivity contribution in [2.45, 2.75) is 13.0 Å². The molecule has 4 aromatic rings. The predicted octanol–water partition coefficient (Wildman–Crippen LogP) is 3.68. The van der Waals surface area contributed by atoms with Crippen molar-refractivity contribution < 1.29 is 13.9 Å². The molecule has 6 nitrogen and oxygen atoms in total. The maximum absolute atomic E-state index is 12.0. The molecule has 4 rings (SSSR count). The lowest BCUT2D eigenvalue weighted by Gasteiger charge is -2.11. The summed E-state index contributed by atoms with van der Waals surface area (Å²) in [5.41, 5.74) is 2.00. The summed E-state index contributed by atoms with van der Waals surface area (Å²) in [6.07, 6.45) is 2.10. The Morgan fingerprint density at radius 3 is 2.68 bits per heavy atom. The molecule has 0 atom stereocenters. The van der Waals surface area contributed by atoms with Crippen LogP contribution in [0.3, 0.4) is 0 Å². The molecule has 2 aromatic carbocycles. The summed E-state index contributed by atoms with van der Waals surface area (Å²) in [7, 11) is 0. The SMILES string of the molecule is O=C(NCCc1nc2ccccc2n1CCOc1ccccc1)c1ccco1. The van der Waals surface area contributed by atoms with E-state index in [1.165, 1.54) is 6.26 Å². The van der Waals surface area contributed by atoms with Crippen LogP contribution in [0.25, 0.3) is 11.0 Å². The maximum Gasteiger partial charge on any atom is 0.286 e. The van der Waals surface area contributed by atoms with E-state index in [4.69, 9.17) is 14.1 Å². The van der Waals surface area contributed by atoms with Gasteiger partial charge >= 0.3 is 0 Å². The van der Waals surface area contributed by atoms with Gasteiger partial charge in [0, 0.05) is 13.0 Å². The molecule has 0 saturated carbocycles. The third-order valence-corrected chi connectivity index (χ3v) is 4.44. The number of para-hydroxylation sites is 3. The molecule has 0 aliphatic heterocycles. The zero-order valence-electron chi connectivity index (χ0n) is 15.4. The Kier molecular flexibility index (Phi) is 5.38. The normalized spacial score (nSPS) is 10.9. The Morgan fingerprint density at radius 2 is 1.86 bits per heavy atom. The van der Waals surface area contributed by atoms with Crippen molar-refractivity contribution in [1.82, 2.24) is 14.9 Å². The van der Waals surface area contributed by atoms with Crippen LogP contribution in [0.5, 0.6) is 5.75 Å². The van der Waals surface area contributed by atoms with E-state index in [0.29, 0.717) is 31.9 Å². The molecule has 2 heterocycles. The third kappa shape index (κ3) is 4.06. The average molecular weight is 375 g/mol. The smallest absolute Gasteiger partial charge is 0.286 e. The Morgan fingerprint density at radius 1 is 1.04 bits per heavy atom. The van der Waals surface area contributed by atoms with E-state index in [2.05, 4.69) is 16.0 Å². The fraction of sp³-hybridized carbons (Fsp3) is 0.182. The molecule has 1 N–H and O–H groups in total. The van der Waals surface area contributed by atoms with Gasteiger partial charge in [-0.1, -0.05) is 30.3 Å². The highest BCUT2D eigenvalue weighted by atomic mass is 16.5. The van der Waals surface area contributed by atoms with E-state index in [1.807, 2.05) is 48.5 Å². The van der Waals surface area contributed by atoms with Crippen LogP contribution in [0.15, 0.2) is 77.4 Å². The standard InChI is InChI=1S/C22H21N3O3/c26-22(20-11-6-15-28-20)23-13-12-21-24-18-9-4-5-10-19(18)25(21)14-16-27-17-7-2-1-3-8-17/h1-11,15H,12-14,16H2,(H,23,26). The predicted molar refractivity (Wildman–Crippen MR) is 106 cm³/mol. The topological polar surface area (TPSA) is 69.3 Å². The van der Waals surface area contributed by atoms with Crippen LogP contribution in [0, 0.1) is 0 Å². The maximum atomic E-state index is 12.0. The molecule has 0 aliphatic rings. The number of carbonyl (C=O) groups is 1. The highest BCUT2D eigenvalue weighted by Gasteiger charge is 2.12. The zero-order chi connectivity index (χ0) is 19.2. The van der Waals surface area contributed by atoms with Crippen molar-refractivity contribution >= 4 is 16.9 Å². The van der Waals surface area contributed by atoms with E-state index in [9.17, 15) is 4.79 Å². The van der Waals surface area contributed by atoms with E-state index in [1.54, 1.807) is 12.1 Å². The zero-order valence-corrected chi connectivity index (χ0v) is 15.4. The van der Waals surface area contributed by atoms with Gasteiger partial charge in [-0.05, 0) is 36.4 Å². The van der Waals surface area contributed by atoms with Gasteiger partial charge < -0.3 is 19.0 Å². The molecule has 6 heteroatoms. The largest absolute Gasteiger partial charge is 0.492 e. The minimum absolute atomic E-state index is 0.222. The van der Waals surface area contributed by atoms with Crippen LogP contribution in [-0.2, 0) is 13.0 Å². The van der Waals surface area contributed by atoms with Gasteiger partial charge in [0.1, 0.15) is 18.2 Å². The summed E-state index contributed by atoms with van der Waals surface area (Å²) in [6, 6.07) is 21.1. The lowest BCUT2D eigenvalue weighted by Crippen LogP contribution is -2.26. The summed E-state index contributed by atoms with van der Waals surface area (Å²) in [5.74, 6) is 1.85. The minimum atomic E-state index is -0.222. The van der Waals surface area contributed by atoms with Crippen LogP contribution in [0.4, 0.5) is 0 Å². The molecular formula is C22H21N3O3. The molecule has 0 saturated heterocycles. The van der Waals surface area contributed by atoms with E-state index >= 15 is 0 Å². The number of ether oxygens (including phenoxy) is 1. The molecule has 2 aromatic heterocycles. The first-order valence-electron chi connectivity index (χ1n) is 9.25. The lowest BCUT2D eigenvalue weighted by atomic mass is 10.3. The second-order valence-corrected chi connectivity index (χ2v) is 6.31. The molecule has 0 aliphatic carbocycles. The lowest BCUT2D eigenvalue weighted by molar-refractivity contribution is 0.0926. The number of hydrogen-bond acceptors (Lipinski definition) is 4. The van der Waals surface area contributed by atoms with Crippen LogP contribution in [0.2, 0.25) is 0 Å². The molecular weight excluding hydrogens is 354 g/mol. The van der Waals surface area contributed by atoms with E-state index in [-0.39, 0.29) is 5.91 Å². The monoisotopic (exact) mass is 375 g/mol. The fourth-order valence-electron chi connectivity index (χ4n) is 3.12. The van der Waals surface area contributed by atoms with E-state index in [0.717, 1.165) is 22.6 Å². The first-order valence-corrected chi connectivity index (χ1v) is 9.25. The number of carbonyl (C=O) groups excluding carboxylic acids is 1. The van der Waals surface area contributed by atoms with E-state index < -0.39 is 0 Å². The molecule has 0 unspecified atom stereocenters. The highest BCUT2D eigenvalue weighted by molar-refractivity contribution is 5.91. The first-order chi connectivity index (χ1) is 13.8. The number of furan rings is 1. The molecule has 0 fully saturated rings. The Hall–Kier alpha value is -3.54. The highest BCUT2D eigenvalue weighted by Crippen LogP contribution is 2.17. The number of nitrogens with zero attached hydrogens (tertiary/aromatic N) is 2. The van der Waals surface area contributed by atoms with Gasteiger partial charge in [0.25, 0.3) is 5.91 Å². The molecule has 0 bridgehead atoms. The van der Waals surface area contributed by atoms with Crippen molar-refractivity contribution in [3.63, 3.8) is 0 Å². The van der Waals surface area contributed by atoms with Crippen molar-refractivity contribution in [2.75, 3.05) is 13.2 Å². The second-order valence-electron chi connectivity index (χ2n) is 6.31. The minimum Gasteiger partial charge on any atom is -0.492 e. The van der Waals surface area contributed by atoms with Gasteiger partial charge in [-0.15, -0.1) is 0 Å². The van der Waals surface area contributed by atoms with Gasteiger partial charge in [0.05, 0.1) is 23.8 Å². The van der Waals surface area contributed by atoms with Gasteiger partial charge in [-0.2, -0.15) is 0 Å². The molecule has 0 radical (unpaired) electrons.